The fourth-order valence-corrected chi connectivity index (χ4v) is 2.77. The van der Waals surface area contributed by atoms with E-state index in [0.29, 0.717) is 11.0 Å². The molecule has 0 spiro atoms. The molecule has 0 atom stereocenters. The molecule has 1 aromatic heterocycles. The van der Waals surface area contributed by atoms with Gasteiger partial charge in [0.15, 0.2) is 6.61 Å². The van der Waals surface area contributed by atoms with Gasteiger partial charge in [0, 0.05) is 18.9 Å². The lowest BCUT2D eigenvalue weighted by Gasteiger charge is -2.08. The van der Waals surface area contributed by atoms with Crippen molar-refractivity contribution in [2.45, 2.75) is 45.2 Å². The summed E-state index contributed by atoms with van der Waals surface area (Å²) in [6, 6.07) is 0. The Labute approximate surface area is 141 Å². The Bertz CT molecular complexity index is 547. The van der Waals surface area contributed by atoms with Crippen molar-refractivity contribution in [1.29, 1.82) is 0 Å². The van der Waals surface area contributed by atoms with Gasteiger partial charge in [-0.2, -0.15) is 13.2 Å². The van der Waals surface area contributed by atoms with Crippen LogP contribution in [-0.2, 0) is 9.53 Å². The van der Waals surface area contributed by atoms with Crippen LogP contribution >= 0.6 is 11.3 Å². The summed E-state index contributed by atoms with van der Waals surface area (Å²) in [5, 5.41) is 13.7. The number of hydrogen-bond acceptors (Lipinski definition) is 6. The van der Waals surface area contributed by atoms with E-state index in [0.717, 1.165) is 17.8 Å². The highest BCUT2D eigenvalue weighted by molar-refractivity contribution is 7.15. The number of carbonyl (C=O) groups is 2. The van der Waals surface area contributed by atoms with Crippen molar-refractivity contribution in [3.8, 4) is 0 Å². The third-order valence-corrected chi connectivity index (χ3v) is 4.01. The molecule has 0 aromatic carbocycles. The molecule has 0 aliphatic rings. The number of anilines is 1. The maximum absolute atomic E-state index is 11.8. The van der Waals surface area contributed by atoms with Crippen LogP contribution in [0.3, 0.4) is 0 Å². The van der Waals surface area contributed by atoms with E-state index < -0.39 is 24.8 Å². The fourth-order valence-electron chi connectivity index (χ4n) is 1.75. The molecule has 1 rings (SSSR count). The Kier molecular flexibility index (Phi) is 7.89. The molecule has 2 amide bonds. The molecule has 1 heterocycles. The molecule has 0 aliphatic heterocycles. The second-order valence-electron chi connectivity index (χ2n) is 4.88. The normalized spacial score (nSPS) is 11.4. The van der Waals surface area contributed by atoms with Crippen LogP contribution in [0.4, 0.5) is 23.1 Å². The Morgan fingerprint density at radius 2 is 1.92 bits per heavy atom. The van der Waals surface area contributed by atoms with Gasteiger partial charge >= 0.3 is 12.3 Å². The van der Waals surface area contributed by atoms with E-state index in [1.165, 1.54) is 11.3 Å². The fraction of sp³-hybridized carbons (Fsp3) is 0.692. The minimum absolute atomic E-state index is 0.124. The molecule has 1 aromatic rings. The first-order valence-corrected chi connectivity index (χ1v) is 8.17. The van der Waals surface area contributed by atoms with E-state index in [1.807, 2.05) is 13.8 Å². The van der Waals surface area contributed by atoms with Crippen LogP contribution in [-0.4, -0.2) is 41.5 Å². The van der Waals surface area contributed by atoms with E-state index in [2.05, 4.69) is 25.6 Å². The lowest BCUT2D eigenvalue weighted by atomic mass is 10.1. The average Bonchev–Trinajstić information content (AvgIpc) is 2.94. The van der Waals surface area contributed by atoms with Crippen LogP contribution < -0.4 is 10.6 Å². The second kappa shape index (κ2) is 9.40. The maximum Gasteiger partial charge on any atom is 0.422 e. The van der Waals surface area contributed by atoms with Crippen LogP contribution in [0, 0.1) is 0 Å². The summed E-state index contributed by atoms with van der Waals surface area (Å²) < 4.78 is 39.4. The topological polar surface area (TPSA) is 93.2 Å². The summed E-state index contributed by atoms with van der Waals surface area (Å²) >= 11 is 1.28. The quantitative estimate of drug-likeness (QED) is 0.736. The minimum atomic E-state index is -4.58. The SMILES string of the molecule is CCC(CC)c1nnc(NC(=O)CCNC(=O)OCC(F)(F)F)s1. The van der Waals surface area contributed by atoms with E-state index >= 15 is 0 Å². The predicted octanol–water partition coefficient (Wildman–Crippen LogP) is 3.06. The minimum Gasteiger partial charge on any atom is -0.440 e. The lowest BCUT2D eigenvalue weighted by Crippen LogP contribution is -2.31. The van der Waals surface area contributed by atoms with Gasteiger partial charge in [-0.15, -0.1) is 10.2 Å². The molecule has 0 saturated heterocycles. The van der Waals surface area contributed by atoms with Crippen LogP contribution in [0.5, 0.6) is 0 Å². The second-order valence-corrected chi connectivity index (χ2v) is 5.88. The number of alkyl halides is 3. The molecule has 0 bridgehead atoms. The third-order valence-electron chi connectivity index (χ3n) is 3.01. The number of amides is 2. The summed E-state index contributed by atoms with van der Waals surface area (Å²) in [5.74, 6) is -0.142. The van der Waals surface area contributed by atoms with Crippen LogP contribution in [0.2, 0.25) is 0 Å². The van der Waals surface area contributed by atoms with Crippen molar-refractivity contribution in [2.75, 3.05) is 18.5 Å². The van der Waals surface area contributed by atoms with Crippen molar-refractivity contribution >= 4 is 28.5 Å². The highest BCUT2D eigenvalue weighted by atomic mass is 32.1. The number of nitrogens with zero attached hydrogens (tertiary/aromatic N) is 2. The number of aromatic nitrogens is 2. The molecule has 136 valence electrons. The zero-order valence-corrected chi connectivity index (χ0v) is 14.1. The first kappa shape index (κ1) is 20.1. The molecule has 0 unspecified atom stereocenters. The molecule has 11 heteroatoms. The standard InChI is InChI=1S/C13H19F3N4O3S/c1-3-8(4-2)10-19-20-11(24-10)18-9(21)5-6-17-12(22)23-7-13(14,15)16/h8H,3-7H2,1-2H3,(H,17,22)(H,18,20,21). The van der Waals surface area contributed by atoms with Crippen LogP contribution in [0.15, 0.2) is 0 Å². The number of alkyl carbamates (subject to hydrolysis) is 1. The van der Waals surface area contributed by atoms with Crippen molar-refractivity contribution in [3.05, 3.63) is 5.01 Å². The molecule has 0 saturated carbocycles. The van der Waals surface area contributed by atoms with Gasteiger partial charge < -0.3 is 15.4 Å². The number of carbonyl (C=O) groups excluding carboxylic acids is 2. The van der Waals surface area contributed by atoms with Gasteiger partial charge in [0.1, 0.15) is 5.01 Å². The van der Waals surface area contributed by atoms with Crippen LogP contribution in [0.25, 0.3) is 0 Å². The third kappa shape index (κ3) is 7.57. The van der Waals surface area contributed by atoms with E-state index in [4.69, 9.17) is 0 Å². The van der Waals surface area contributed by atoms with E-state index in [-0.39, 0.29) is 13.0 Å². The highest BCUT2D eigenvalue weighted by Gasteiger charge is 2.29. The largest absolute Gasteiger partial charge is 0.440 e. The number of halogens is 3. The maximum atomic E-state index is 11.8. The molecule has 2 N–H and O–H groups in total. The number of hydrogen-bond donors (Lipinski definition) is 2. The smallest absolute Gasteiger partial charge is 0.422 e. The number of nitrogens with one attached hydrogen (secondary N) is 2. The lowest BCUT2D eigenvalue weighted by molar-refractivity contribution is -0.160. The summed E-state index contributed by atoms with van der Waals surface area (Å²) in [7, 11) is 0. The van der Waals surface area contributed by atoms with Gasteiger partial charge in [0.05, 0.1) is 0 Å². The highest BCUT2D eigenvalue weighted by Crippen LogP contribution is 2.27. The summed E-state index contributed by atoms with van der Waals surface area (Å²) in [5.41, 5.74) is 0. The molecule has 0 fully saturated rings. The van der Waals surface area contributed by atoms with Gasteiger partial charge in [-0.05, 0) is 12.8 Å². The summed E-state index contributed by atoms with van der Waals surface area (Å²) in [4.78, 5) is 22.7. The molecule has 7 nitrogen and oxygen atoms in total. The Morgan fingerprint density at radius 3 is 2.50 bits per heavy atom. The Morgan fingerprint density at radius 1 is 1.25 bits per heavy atom. The van der Waals surface area contributed by atoms with Gasteiger partial charge in [-0.25, -0.2) is 4.79 Å². The Hall–Kier alpha value is -1.91. The predicted molar refractivity (Wildman–Crippen MR) is 81.9 cm³/mol. The zero-order valence-electron chi connectivity index (χ0n) is 13.3. The van der Waals surface area contributed by atoms with Gasteiger partial charge in [0.2, 0.25) is 11.0 Å². The van der Waals surface area contributed by atoms with Gasteiger partial charge in [-0.3, -0.25) is 4.79 Å². The molecule has 24 heavy (non-hydrogen) atoms. The first-order chi connectivity index (χ1) is 11.2. The van der Waals surface area contributed by atoms with E-state index in [1.54, 1.807) is 0 Å². The summed E-state index contributed by atoms with van der Waals surface area (Å²) in [6.07, 6.45) is -4.10. The molecule has 0 aliphatic carbocycles. The monoisotopic (exact) mass is 368 g/mol. The Balaban J connectivity index is 2.30. The van der Waals surface area contributed by atoms with Crippen molar-refractivity contribution in [1.82, 2.24) is 15.5 Å². The number of ether oxygens (including phenoxy) is 1. The zero-order chi connectivity index (χ0) is 18.2. The molecule has 0 radical (unpaired) electrons. The van der Waals surface area contributed by atoms with Crippen molar-refractivity contribution in [2.24, 2.45) is 0 Å². The molecular formula is C13H19F3N4O3S. The summed E-state index contributed by atoms with van der Waals surface area (Å²) in [6.45, 7) is 2.25. The number of rotatable bonds is 8. The van der Waals surface area contributed by atoms with Crippen molar-refractivity contribution in [3.63, 3.8) is 0 Å². The first-order valence-electron chi connectivity index (χ1n) is 7.35. The van der Waals surface area contributed by atoms with Gasteiger partial charge in [0.25, 0.3) is 0 Å². The molecular weight excluding hydrogens is 349 g/mol. The van der Waals surface area contributed by atoms with Crippen molar-refractivity contribution < 1.29 is 27.5 Å². The average molecular weight is 368 g/mol. The van der Waals surface area contributed by atoms with Gasteiger partial charge in [-0.1, -0.05) is 25.2 Å². The van der Waals surface area contributed by atoms with Crippen LogP contribution in [0.1, 0.15) is 44.0 Å². The van der Waals surface area contributed by atoms with E-state index in [9.17, 15) is 22.8 Å².